The molecule has 4 saturated carbocycles. The van der Waals surface area contributed by atoms with Crippen molar-refractivity contribution < 1.29 is 4.39 Å². The molecule has 0 unspecified atom stereocenters. The molecular weight excluding hydrogens is 383 g/mol. The van der Waals surface area contributed by atoms with Crippen LogP contribution in [0, 0.1) is 29.0 Å². The summed E-state index contributed by atoms with van der Waals surface area (Å²) in [4.78, 5) is 0. The zero-order valence-electron chi connectivity index (χ0n) is 18.5. The Labute approximate surface area is 184 Å². The fourth-order valence-electron chi connectivity index (χ4n) is 7.57. The maximum absolute atomic E-state index is 13.3. The lowest BCUT2D eigenvalue weighted by Crippen LogP contribution is -2.54. The zero-order chi connectivity index (χ0) is 21.0. The Morgan fingerprint density at radius 1 is 0.968 bits per heavy atom. The van der Waals surface area contributed by atoms with Crippen LogP contribution in [0.5, 0.6) is 0 Å². The predicted octanol–water partition coefficient (Wildman–Crippen LogP) is 6.52. The lowest BCUT2D eigenvalue weighted by Gasteiger charge is -2.59. The highest BCUT2D eigenvalue weighted by Crippen LogP contribution is 2.61. The molecule has 0 saturated heterocycles. The highest BCUT2D eigenvalue weighted by molar-refractivity contribution is 5.84. The molecular formula is C28H33FN2. The first-order chi connectivity index (χ1) is 15.1. The molecule has 0 amide bonds. The van der Waals surface area contributed by atoms with Crippen molar-refractivity contribution in [2.75, 3.05) is 0 Å². The van der Waals surface area contributed by atoms with Crippen LogP contribution < -0.4 is 5.32 Å². The minimum absolute atomic E-state index is 0.176. The minimum Gasteiger partial charge on any atom is -0.343 e. The van der Waals surface area contributed by atoms with Crippen LogP contribution in [-0.2, 0) is 13.1 Å². The Morgan fingerprint density at radius 3 is 2.29 bits per heavy atom. The highest BCUT2D eigenvalue weighted by Gasteiger charge is 2.52. The van der Waals surface area contributed by atoms with Crippen molar-refractivity contribution in [3.8, 4) is 0 Å². The minimum atomic E-state index is -0.176. The zero-order valence-corrected chi connectivity index (χ0v) is 18.5. The Kier molecular flexibility index (Phi) is 4.72. The number of hydrogen-bond acceptors (Lipinski definition) is 1. The standard InChI is InChI=1S/C28H33FN2/c1-19(28-13-21-10-22(14-28)12-23(11-21)15-28)30-16-24-18-31(27-5-3-2-4-26(24)27)17-20-6-8-25(29)9-7-20/h2-9,18-19,21-23,30H,10-17H2,1H3/t19-,21?,22?,23?,28?/m0/s1. The highest BCUT2D eigenvalue weighted by atomic mass is 19.1. The van der Waals surface area contributed by atoms with E-state index < -0.39 is 0 Å². The van der Waals surface area contributed by atoms with Gasteiger partial charge < -0.3 is 9.88 Å². The van der Waals surface area contributed by atoms with Gasteiger partial charge in [-0.15, -0.1) is 0 Å². The van der Waals surface area contributed by atoms with Gasteiger partial charge in [0, 0.05) is 36.2 Å². The number of nitrogens with zero attached hydrogens (tertiary/aromatic N) is 1. The van der Waals surface area contributed by atoms with Crippen molar-refractivity contribution >= 4 is 10.9 Å². The Morgan fingerprint density at radius 2 is 1.61 bits per heavy atom. The van der Waals surface area contributed by atoms with E-state index in [4.69, 9.17) is 0 Å². The van der Waals surface area contributed by atoms with Gasteiger partial charge in [0.1, 0.15) is 5.82 Å². The van der Waals surface area contributed by atoms with Crippen molar-refractivity contribution in [1.29, 1.82) is 0 Å². The van der Waals surface area contributed by atoms with E-state index in [9.17, 15) is 4.39 Å². The van der Waals surface area contributed by atoms with Crippen LogP contribution in [0.4, 0.5) is 4.39 Å². The Hall–Kier alpha value is -2.13. The van der Waals surface area contributed by atoms with Crippen LogP contribution in [0.2, 0.25) is 0 Å². The topological polar surface area (TPSA) is 17.0 Å². The van der Waals surface area contributed by atoms with Gasteiger partial charge in [0.25, 0.3) is 0 Å². The first kappa shape index (κ1) is 19.5. The summed E-state index contributed by atoms with van der Waals surface area (Å²) in [6.07, 6.45) is 11.1. The molecule has 3 aromatic rings. The third-order valence-corrected chi connectivity index (χ3v) is 8.74. The molecule has 3 heteroatoms. The molecule has 1 aromatic heterocycles. The fraction of sp³-hybridized carbons (Fsp3) is 0.500. The maximum Gasteiger partial charge on any atom is 0.123 e. The van der Waals surface area contributed by atoms with Crippen LogP contribution in [0.3, 0.4) is 0 Å². The molecule has 4 bridgehead atoms. The van der Waals surface area contributed by atoms with E-state index in [0.717, 1.165) is 36.4 Å². The molecule has 0 aliphatic heterocycles. The van der Waals surface area contributed by atoms with Gasteiger partial charge in [0.2, 0.25) is 0 Å². The summed E-state index contributed by atoms with van der Waals surface area (Å²) in [6.45, 7) is 4.13. The van der Waals surface area contributed by atoms with E-state index >= 15 is 0 Å². The van der Waals surface area contributed by atoms with E-state index in [1.165, 1.54) is 55.0 Å². The molecule has 1 atom stereocenters. The quantitative estimate of drug-likeness (QED) is 0.484. The molecule has 4 aliphatic carbocycles. The largest absolute Gasteiger partial charge is 0.343 e. The summed E-state index contributed by atoms with van der Waals surface area (Å²) in [7, 11) is 0. The molecule has 4 fully saturated rings. The van der Waals surface area contributed by atoms with Gasteiger partial charge in [-0.2, -0.15) is 0 Å². The first-order valence-electron chi connectivity index (χ1n) is 12.1. The smallest absolute Gasteiger partial charge is 0.123 e. The van der Waals surface area contributed by atoms with Gasteiger partial charge in [-0.3, -0.25) is 0 Å². The second-order valence-corrected chi connectivity index (χ2v) is 10.8. The first-order valence-corrected chi connectivity index (χ1v) is 12.1. The molecule has 0 radical (unpaired) electrons. The number of nitrogens with one attached hydrogen (secondary N) is 1. The third-order valence-electron chi connectivity index (χ3n) is 8.74. The van der Waals surface area contributed by atoms with Crippen LogP contribution in [0.1, 0.15) is 56.6 Å². The molecule has 0 spiro atoms. The van der Waals surface area contributed by atoms with Gasteiger partial charge in [-0.1, -0.05) is 30.3 Å². The molecule has 7 rings (SSSR count). The van der Waals surface area contributed by atoms with Gasteiger partial charge in [0.05, 0.1) is 0 Å². The number of hydrogen-bond donors (Lipinski definition) is 1. The van der Waals surface area contributed by atoms with Crippen molar-refractivity contribution in [2.24, 2.45) is 23.2 Å². The summed E-state index contributed by atoms with van der Waals surface area (Å²) in [5.41, 5.74) is 4.28. The number of fused-ring (bicyclic) bond motifs is 1. The molecule has 162 valence electrons. The van der Waals surface area contributed by atoms with Gasteiger partial charge in [0.15, 0.2) is 0 Å². The second-order valence-electron chi connectivity index (χ2n) is 10.8. The van der Waals surface area contributed by atoms with Gasteiger partial charge in [-0.05, 0) is 97.9 Å². The van der Waals surface area contributed by atoms with E-state index in [1.807, 2.05) is 12.1 Å². The molecule has 2 nitrogen and oxygen atoms in total. The second kappa shape index (κ2) is 7.48. The van der Waals surface area contributed by atoms with E-state index in [-0.39, 0.29) is 5.82 Å². The Balaban J connectivity index is 1.22. The summed E-state index contributed by atoms with van der Waals surface area (Å²) in [6, 6.07) is 16.1. The van der Waals surface area contributed by atoms with Crippen LogP contribution in [0.25, 0.3) is 10.9 Å². The van der Waals surface area contributed by atoms with Crippen LogP contribution >= 0.6 is 0 Å². The molecule has 4 aliphatic rings. The van der Waals surface area contributed by atoms with Crippen LogP contribution in [-0.4, -0.2) is 10.6 Å². The maximum atomic E-state index is 13.3. The number of halogens is 1. The lowest BCUT2D eigenvalue weighted by atomic mass is 9.48. The molecule has 1 heterocycles. The lowest BCUT2D eigenvalue weighted by molar-refractivity contribution is -0.0706. The number of benzene rings is 2. The van der Waals surface area contributed by atoms with Gasteiger partial charge >= 0.3 is 0 Å². The average Bonchev–Trinajstić information content (AvgIpc) is 3.10. The Bertz CT molecular complexity index is 1040. The summed E-state index contributed by atoms with van der Waals surface area (Å²) >= 11 is 0. The van der Waals surface area contributed by atoms with Crippen molar-refractivity contribution in [3.05, 3.63) is 71.7 Å². The summed E-state index contributed by atoms with van der Waals surface area (Å²) < 4.78 is 15.6. The summed E-state index contributed by atoms with van der Waals surface area (Å²) in [5.74, 6) is 2.80. The normalized spacial score (nSPS) is 30.2. The average molecular weight is 417 g/mol. The van der Waals surface area contributed by atoms with E-state index in [1.54, 1.807) is 12.1 Å². The molecule has 1 N–H and O–H groups in total. The molecule has 2 aromatic carbocycles. The number of para-hydroxylation sites is 1. The van der Waals surface area contributed by atoms with Gasteiger partial charge in [-0.25, -0.2) is 4.39 Å². The van der Waals surface area contributed by atoms with Crippen molar-refractivity contribution in [3.63, 3.8) is 0 Å². The van der Waals surface area contributed by atoms with E-state index in [0.29, 0.717) is 11.5 Å². The van der Waals surface area contributed by atoms with E-state index in [2.05, 4.69) is 47.3 Å². The van der Waals surface area contributed by atoms with Crippen LogP contribution in [0.15, 0.2) is 54.7 Å². The monoisotopic (exact) mass is 416 g/mol. The predicted molar refractivity (Wildman–Crippen MR) is 124 cm³/mol. The van der Waals surface area contributed by atoms with Crippen molar-refractivity contribution in [1.82, 2.24) is 9.88 Å². The SMILES string of the molecule is C[C@H](NCc1cn(Cc2ccc(F)cc2)c2ccccc12)C12CC3CC(CC(C3)C1)C2. The fourth-order valence-corrected chi connectivity index (χ4v) is 7.57. The summed E-state index contributed by atoms with van der Waals surface area (Å²) in [5, 5.41) is 5.30. The third kappa shape index (κ3) is 3.51. The number of aromatic nitrogens is 1. The number of rotatable bonds is 6. The molecule has 31 heavy (non-hydrogen) atoms. The van der Waals surface area contributed by atoms with Crippen molar-refractivity contribution in [2.45, 2.75) is 64.6 Å².